The molecular weight excluding hydrogens is 1730 g/mol. The lowest BCUT2D eigenvalue weighted by Crippen LogP contribution is -2.54. The lowest BCUT2D eigenvalue weighted by Gasteiger charge is -2.56. The second-order valence-electron chi connectivity index (χ2n) is 42.7. The van der Waals surface area contributed by atoms with Crippen LogP contribution in [0.25, 0.3) is 10.8 Å². The lowest BCUT2D eigenvalue weighted by molar-refractivity contribution is -0.143. The molecule has 0 spiro atoms. The molecule has 0 aromatic heterocycles. The van der Waals surface area contributed by atoms with E-state index in [1.54, 1.807) is 19.1 Å². The minimum atomic E-state index is -0.0423. The smallest absolute Gasteiger partial charge is 0.254 e. The summed E-state index contributed by atoms with van der Waals surface area (Å²) in [6, 6.07) is 68.5. The Balaban J connectivity index is 0.000000136. The number of benzene rings is 8. The quantitative estimate of drug-likeness (QED) is 0.0723. The Morgan fingerprint density at radius 2 is 0.732 bits per heavy atom. The van der Waals surface area contributed by atoms with Gasteiger partial charge in [0.1, 0.15) is 11.5 Å². The van der Waals surface area contributed by atoms with Crippen LogP contribution < -0.4 is 34.0 Å². The van der Waals surface area contributed by atoms with Crippen LogP contribution in [-0.4, -0.2) is 125 Å². The summed E-state index contributed by atoms with van der Waals surface area (Å²) in [6.45, 7) is 5.21. The van der Waals surface area contributed by atoms with E-state index in [1.165, 1.54) is 197 Å². The zero-order valence-electron chi connectivity index (χ0n) is 85.2. The van der Waals surface area contributed by atoms with Crippen LogP contribution in [-0.2, 0) is 24.0 Å². The van der Waals surface area contributed by atoms with Crippen molar-refractivity contribution >= 4 is 92.2 Å². The highest BCUT2D eigenvalue weighted by molar-refractivity contribution is 6.31. The maximum atomic E-state index is 13.2. The number of rotatable bonds is 20. The van der Waals surface area contributed by atoms with Gasteiger partial charge in [-0.25, -0.2) is 0 Å². The van der Waals surface area contributed by atoms with E-state index >= 15 is 0 Å². The third-order valence-corrected chi connectivity index (χ3v) is 33.2. The molecule has 13 aliphatic carbocycles. The van der Waals surface area contributed by atoms with E-state index < -0.39 is 0 Å². The SMILES string of the molecule is CCCCN(C(=O)C1CCCC(C)C1)c1cccc(Cl)c1.CN(C(=O)C12CC3CC(CC(C3)C1)C2)c1ccccc1.CN(C(=O)C12CCC(CC1)CC2)c1ccccc1.CN(C(=O)C1CCCCC1)c1ccc2ccccc2c1.CN(C(=O)C1CCCCC1)c1ccccc1.COc1ccc(C(=O)N(C)C2CCCCCCC2)cc1.COc1ccc(C(=O)N(C2CCCCC2)C2CCCCC2)cc1. The van der Waals surface area contributed by atoms with Crippen LogP contribution in [0.5, 0.6) is 11.5 Å². The molecule has 6 bridgehead atoms. The van der Waals surface area contributed by atoms with E-state index in [9.17, 15) is 33.6 Å². The molecule has 8 aromatic rings. The minimum absolute atomic E-state index is 0.0284. The van der Waals surface area contributed by atoms with Crippen molar-refractivity contribution in [2.24, 2.45) is 58.2 Å². The number of unbranched alkanes of at least 4 members (excludes halogenated alkanes) is 1. The second kappa shape index (κ2) is 53.2. The van der Waals surface area contributed by atoms with Crippen LogP contribution in [0.2, 0.25) is 5.02 Å². The van der Waals surface area contributed by atoms with Gasteiger partial charge in [0.15, 0.2) is 0 Å². The van der Waals surface area contributed by atoms with Crippen LogP contribution in [0.3, 0.4) is 0 Å². The Bertz CT molecular complexity index is 5000. The monoisotopic (exact) mass is 1890 g/mol. The Kier molecular flexibility index (Phi) is 40.7. The van der Waals surface area contributed by atoms with Crippen molar-refractivity contribution in [3.05, 3.63) is 222 Å². The number of hydrogen-bond donors (Lipinski definition) is 0. The van der Waals surface area contributed by atoms with Gasteiger partial charge >= 0.3 is 0 Å². The number of methoxy groups -OCH3 is 2. The number of ether oxygens (including phenoxy) is 2. The molecule has 2 unspecified atom stereocenters. The van der Waals surface area contributed by atoms with Crippen molar-refractivity contribution in [3.63, 3.8) is 0 Å². The van der Waals surface area contributed by atoms with E-state index in [-0.39, 0.29) is 58.1 Å². The zero-order chi connectivity index (χ0) is 97.3. The van der Waals surface area contributed by atoms with Gasteiger partial charge in [-0.1, -0.05) is 245 Å². The molecule has 13 fully saturated rings. The van der Waals surface area contributed by atoms with Gasteiger partial charge in [0.05, 0.1) is 19.6 Å². The Hall–Kier alpha value is -9.80. The summed E-state index contributed by atoms with van der Waals surface area (Å²) < 4.78 is 10.3. The Morgan fingerprint density at radius 3 is 1.18 bits per heavy atom. The van der Waals surface area contributed by atoms with Crippen molar-refractivity contribution in [2.75, 3.05) is 80.5 Å². The number of para-hydroxylation sites is 3. The molecule has 138 heavy (non-hydrogen) atoms. The third kappa shape index (κ3) is 29.0. The minimum Gasteiger partial charge on any atom is -0.497 e. The molecule has 17 heteroatoms. The molecule has 0 radical (unpaired) electrons. The van der Waals surface area contributed by atoms with E-state index in [4.69, 9.17) is 21.1 Å². The maximum Gasteiger partial charge on any atom is 0.254 e. The third-order valence-electron chi connectivity index (χ3n) is 33.0. The predicted octanol–water partition coefficient (Wildman–Crippen LogP) is 29.1. The number of amides is 7. The van der Waals surface area contributed by atoms with Crippen LogP contribution in [0.4, 0.5) is 28.4 Å². The average Bonchev–Trinajstić information content (AvgIpc) is 0.734. The van der Waals surface area contributed by atoms with Crippen LogP contribution in [0, 0.1) is 58.2 Å². The molecule has 744 valence electrons. The predicted molar refractivity (Wildman–Crippen MR) is 568 cm³/mol. The molecule has 21 rings (SSSR count). The van der Waals surface area contributed by atoms with Gasteiger partial charge in [-0.3, -0.25) is 33.6 Å². The van der Waals surface area contributed by atoms with Gasteiger partial charge in [-0.05, 0) is 316 Å². The summed E-state index contributed by atoms with van der Waals surface area (Å²) in [4.78, 5) is 103. The fourth-order valence-corrected chi connectivity index (χ4v) is 25.3. The van der Waals surface area contributed by atoms with Gasteiger partial charge in [-0.2, -0.15) is 0 Å². The first kappa shape index (κ1) is 106. The summed E-state index contributed by atoms with van der Waals surface area (Å²) in [5.74, 6) is 8.23. The first-order valence-corrected chi connectivity index (χ1v) is 54.1. The van der Waals surface area contributed by atoms with Gasteiger partial charge in [-0.15, -0.1) is 0 Å². The fraction of sp³-hybridized carbons (Fsp3) is 0.562. The molecule has 2 atom stereocenters. The number of nitrogens with zero attached hydrogens (tertiary/aromatic N) is 7. The van der Waals surface area contributed by atoms with Crippen LogP contribution >= 0.6 is 11.6 Å². The summed E-state index contributed by atoms with van der Waals surface area (Å²) in [5, 5.41) is 3.10. The highest BCUT2D eigenvalue weighted by atomic mass is 35.5. The van der Waals surface area contributed by atoms with E-state index in [0.717, 1.165) is 184 Å². The zero-order valence-corrected chi connectivity index (χ0v) is 85.9. The van der Waals surface area contributed by atoms with Crippen LogP contribution in [0.1, 0.15) is 324 Å². The van der Waals surface area contributed by atoms with Gasteiger partial charge in [0.25, 0.3) is 11.8 Å². The topological polar surface area (TPSA) is 161 Å². The molecule has 13 saturated carbocycles. The van der Waals surface area contributed by atoms with Crippen molar-refractivity contribution in [3.8, 4) is 11.5 Å². The molecule has 16 nitrogen and oxygen atoms in total. The molecule has 13 aliphatic rings. The lowest BCUT2D eigenvalue weighted by atomic mass is 9.49. The largest absolute Gasteiger partial charge is 0.497 e. The van der Waals surface area contributed by atoms with E-state index in [0.29, 0.717) is 40.9 Å². The molecule has 0 N–H and O–H groups in total. The van der Waals surface area contributed by atoms with Gasteiger partial charge in [0, 0.05) is 128 Å². The molecule has 0 heterocycles. The Morgan fingerprint density at radius 1 is 0.341 bits per heavy atom. The van der Waals surface area contributed by atoms with Crippen molar-refractivity contribution in [2.45, 2.75) is 321 Å². The fourth-order valence-electron chi connectivity index (χ4n) is 25.1. The average molecular weight is 1900 g/mol. The normalized spacial score (nSPS) is 23.0. The molecule has 7 amide bonds. The molecule has 0 aliphatic heterocycles. The number of carbonyl (C=O) groups is 7. The highest BCUT2D eigenvalue weighted by Crippen LogP contribution is 2.61. The molecule has 8 aromatic carbocycles. The summed E-state index contributed by atoms with van der Waals surface area (Å²) in [5.41, 5.74) is 6.48. The first-order valence-electron chi connectivity index (χ1n) is 53.8. The summed E-state index contributed by atoms with van der Waals surface area (Å²) in [6.07, 6.45) is 54.1. The number of halogens is 1. The number of anilines is 5. The van der Waals surface area contributed by atoms with Crippen molar-refractivity contribution in [1.82, 2.24) is 9.80 Å². The molecule has 0 saturated heterocycles. The highest BCUT2D eigenvalue weighted by Gasteiger charge is 2.56. The van der Waals surface area contributed by atoms with Gasteiger partial charge in [0.2, 0.25) is 29.5 Å². The number of fused-ring (bicyclic) bond motifs is 4. The Labute approximate surface area is 833 Å². The maximum absolute atomic E-state index is 13.2. The standard InChI is InChI=1S/C20H29NO2.C18H26ClNO.C18H23NO.C18H21NO.C17H25NO2.C16H21NO.C14H19NO/c1-23-19-14-12-16(13-15-19)20(22)21(17-8-4-2-5-9-17)18-10-6-3-7-11-18;1-3-4-11-20(17-10-6-9-16(19)13-17)18(21)15-8-5-7-14(2)12-15;1-19(16-5-3-2-4-6-16)17(20)18-10-13-7-14(11-18)9-15(8-13)12-18;1-19(18(20)15-8-3-2-4-9-15)17-12-11-14-7-5-6-10-16(14)13-17;1-18(15-8-6-4-3-5-7-9-15)17(19)14-10-12-16(20-2)13-11-14;1-17(14-5-3-2-4-6-14)15(18)16-10-7-13(8-11-16)9-12-16;1-15(13-10-6-3-7-11-13)14(16)12-8-4-2-5-9-12/h12-15,17-18H,2-11H2,1H3;6,9-10,13-15H,3-5,7-8,11-12H2,1-2H3;2-6,13-15H,7-12H2,1H3;5-7,10-13,15H,2-4,8-9H2,1H3;10-13,15H,3-9H2,1-2H3;2-6,13H,7-12H2,1H3;3,6-7,10-12H,2,4-5,8-9H2,1H3. The van der Waals surface area contributed by atoms with Crippen molar-refractivity contribution < 1.29 is 43.0 Å². The summed E-state index contributed by atoms with van der Waals surface area (Å²) >= 11 is 6.10. The number of hydrogen-bond acceptors (Lipinski definition) is 9. The first-order chi connectivity index (χ1) is 67.0. The van der Waals surface area contributed by atoms with Crippen LogP contribution in [0.15, 0.2) is 206 Å². The van der Waals surface area contributed by atoms with E-state index in [1.807, 2.05) is 242 Å². The second-order valence-corrected chi connectivity index (χ2v) is 43.1. The summed E-state index contributed by atoms with van der Waals surface area (Å²) in [7, 11) is 12.9. The van der Waals surface area contributed by atoms with Crippen molar-refractivity contribution in [1.29, 1.82) is 0 Å². The van der Waals surface area contributed by atoms with E-state index in [2.05, 4.69) is 43.0 Å². The number of carbonyl (C=O) groups excluding carboxylic acids is 7. The molecular formula is C121H164ClN7O9. The van der Waals surface area contributed by atoms with Gasteiger partial charge < -0.3 is 43.8 Å².